The normalized spacial score (nSPS) is 17.4. The maximum absolute atomic E-state index is 12.7. The molecule has 0 saturated carbocycles. The quantitative estimate of drug-likeness (QED) is 0.593. The number of benzene rings is 1. The van der Waals surface area contributed by atoms with E-state index >= 15 is 0 Å². The van der Waals surface area contributed by atoms with Crippen LogP contribution in [0.1, 0.15) is 26.2 Å². The lowest BCUT2D eigenvalue weighted by atomic mass is 10.2. The maximum atomic E-state index is 12.7. The summed E-state index contributed by atoms with van der Waals surface area (Å²) in [5, 5.41) is 14.3. The van der Waals surface area contributed by atoms with Gasteiger partial charge >= 0.3 is 0 Å². The van der Waals surface area contributed by atoms with E-state index in [9.17, 15) is 18.5 Å². The summed E-state index contributed by atoms with van der Waals surface area (Å²) in [5.74, 6) is 0. The number of nitro groups is 1. The molecule has 8 nitrogen and oxygen atoms in total. The Morgan fingerprint density at radius 1 is 1.33 bits per heavy atom. The van der Waals surface area contributed by atoms with Crippen molar-refractivity contribution in [1.82, 2.24) is 4.31 Å². The molecule has 2 rings (SSSR count). The zero-order valence-electron chi connectivity index (χ0n) is 13.9. The molecule has 1 saturated heterocycles. The molecule has 0 aromatic heterocycles. The van der Waals surface area contributed by atoms with Crippen molar-refractivity contribution in [2.45, 2.75) is 37.1 Å². The van der Waals surface area contributed by atoms with Gasteiger partial charge < -0.3 is 10.1 Å². The van der Waals surface area contributed by atoms with Crippen LogP contribution in [0.15, 0.2) is 23.1 Å². The van der Waals surface area contributed by atoms with Crippen LogP contribution in [0.2, 0.25) is 0 Å². The first-order chi connectivity index (χ1) is 11.4. The number of piperidine rings is 1. The van der Waals surface area contributed by atoms with E-state index in [1.165, 1.54) is 16.4 Å². The minimum absolute atomic E-state index is 0.0407. The number of hydrogen-bond donors (Lipinski definition) is 1. The summed E-state index contributed by atoms with van der Waals surface area (Å²) in [5.41, 5.74) is 0.0261. The molecule has 9 heteroatoms. The molecule has 1 N–H and O–H groups in total. The van der Waals surface area contributed by atoms with Crippen LogP contribution in [0.3, 0.4) is 0 Å². The van der Waals surface area contributed by atoms with Crippen LogP contribution in [-0.2, 0) is 14.8 Å². The van der Waals surface area contributed by atoms with E-state index in [0.29, 0.717) is 19.7 Å². The number of rotatable bonds is 7. The van der Waals surface area contributed by atoms with E-state index in [4.69, 9.17) is 4.74 Å². The summed E-state index contributed by atoms with van der Waals surface area (Å²) in [6.07, 6.45) is 2.64. The number of nitrogens with zero attached hydrogens (tertiary/aromatic N) is 2. The fraction of sp³-hybridized carbons (Fsp3) is 0.600. The van der Waals surface area contributed by atoms with Crippen LogP contribution in [0.4, 0.5) is 11.4 Å². The molecular weight excluding hydrogens is 334 g/mol. The Balaban J connectivity index is 2.32. The molecule has 0 radical (unpaired) electrons. The first-order valence-corrected chi connectivity index (χ1v) is 9.34. The molecule has 1 aromatic rings. The molecule has 1 aliphatic heterocycles. The predicted molar refractivity (Wildman–Crippen MR) is 90.7 cm³/mol. The van der Waals surface area contributed by atoms with Crippen molar-refractivity contribution in [1.29, 1.82) is 0 Å². The highest BCUT2D eigenvalue weighted by molar-refractivity contribution is 7.89. The van der Waals surface area contributed by atoms with Gasteiger partial charge in [0.15, 0.2) is 0 Å². The highest BCUT2D eigenvalue weighted by Crippen LogP contribution is 2.30. The predicted octanol–water partition coefficient (Wildman–Crippen LogP) is 2.22. The van der Waals surface area contributed by atoms with E-state index in [1.54, 1.807) is 7.11 Å². The second-order valence-corrected chi connectivity index (χ2v) is 7.84. The van der Waals surface area contributed by atoms with E-state index in [0.717, 1.165) is 25.3 Å². The number of sulfonamides is 1. The van der Waals surface area contributed by atoms with E-state index < -0.39 is 14.9 Å². The Labute approximate surface area is 142 Å². The first kappa shape index (κ1) is 18.6. The number of nitro benzene ring substituents is 1. The van der Waals surface area contributed by atoms with Gasteiger partial charge in [-0.3, -0.25) is 10.1 Å². The van der Waals surface area contributed by atoms with Gasteiger partial charge in [0.05, 0.1) is 16.4 Å². The monoisotopic (exact) mass is 357 g/mol. The van der Waals surface area contributed by atoms with Crippen LogP contribution < -0.4 is 5.32 Å². The lowest BCUT2D eigenvalue weighted by molar-refractivity contribution is -0.384. The first-order valence-electron chi connectivity index (χ1n) is 7.90. The van der Waals surface area contributed by atoms with Crippen LogP contribution in [0.5, 0.6) is 0 Å². The lowest BCUT2D eigenvalue weighted by Crippen LogP contribution is -2.35. The largest absolute Gasteiger partial charge is 0.383 e. The van der Waals surface area contributed by atoms with Crippen molar-refractivity contribution in [2.75, 3.05) is 32.1 Å². The minimum Gasteiger partial charge on any atom is -0.383 e. The molecule has 0 bridgehead atoms. The molecule has 0 amide bonds. The summed E-state index contributed by atoms with van der Waals surface area (Å²) >= 11 is 0. The molecule has 1 fully saturated rings. The van der Waals surface area contributed by atoms with E-state index in [1.807, 2.05) is 6.92 Å². The van der Waals surface area contributed by atoms with E-state index in [-0.39, 0.29) is 22.3 Å². The Kier molecular flexibility index (Phi) is 6.14. The molecular formula is C15H23N3O5S. The lowest BCUT2D eigenvalue weighted by Gasteiger charge is -2.26. The molecule has 1 heterocycles. The number of ether oxygens (including phenoxy) is 1. The zero-order chi connectivity index (χ0) is 17.7. The number of anilines is 1. The second-order valence-electron chi connectivity index (χ2n) is 5.90. The van der Waals surface area contributed by atoms with Gasteiger partial charge in [-0.05, 0) is 31.9 Å². The molecule has 24 heavy (non-hydrogen) atoms. The third kappa shape index (κ3) is 4.22. The number of hydrogen-bond acceptors (Lipinski definition) is 6. The number of methoxy groups -OCH3 is 1. The van der Waals surface area contributed by atoms with Crippen molar-refractivity contribution in [3.05, 3.63) is 28.3 Å². The minimum atomic E-state index is -3.70. The summed E-state index contributed by atoms with van der Waals surface area (Å²) in [6.45, 7) is 3.12. The summed E-state index contributed by atoms with van der Waals surface area (Å²) in [4.78, 5) is 10.7. The van der Waals surface area contributed by atoms with Gasteiger partial charge in [0, 0.05) is 32.3 Å². The van der Waals surface area contributed by atoms with Crippen molar-refractivity contribution in [2.24, 2.45) is 0 Å². The second kappa shape index (κ2) is 7.91. The van der Waals surface area contributed by atoms with Crippen LogP contribution in [-0.4, -0.2) is 50.5 Å². The van der Waals surface area contributed by atoms with Gasteiger partial charge in [-0.2, -0.15) is 4.31 Å². The van der Waals surface area contributed by atoms with Crippen molar-refractivity contribution in [3.8, 4) is 0 Å². The van der Waals surface area contributed by atoms with Gasteiger partial charge in [0.25, 0.3) is 5.69 Å². The Morgan fingerprint density at radius 2 is 2.00 bits per heavy atom. The number of nitrogens with one attached hydrogen (secondary N) is 1. The highest BCUT2D eigenvalue weighted by atomic mass is 32.2. The van der Waals surface area contributed by atoms with Gasteiger partial charge in [0.1, 0.15) is 5.69 Å². The Morgan fingerprint density at radius 3 is 2.58 bits per heavy atom. The topological polar surface area (TPSA) is 102 Å². The third-order valence-corrected chi connectivity index (χ3v) is 5.83. The van der Waals surface area contributed by atoms with Gasteiger partial charge in [-0.15, -0.1) is 0 Å². The molecule has 134 valence electrons. The smallest absolute Gasteiger partial charge is 0.293 e. The Hall–Kier alpha value is -1.71. The highest BCUT2D eigenvalue weighted by Gasteiger charge is 2.28. The fourth-order valence-corrected chi connectivity index (χ4v) is 4.29. The van der Waals surface area contributed by atoms with Crippen LogP contribution >= 0.6 is 0 Å². The third-order valence-electron chi connectivity index (χ3n) is 3.94. The standard InChI is InChI=1S/C15H23N3O5S/c1-12(11-23-2)16-14-7-6-13(10-15(14)18(19)20)24(21,22)17-8-4-3-5-9-17/h6-7,10,12,16H,3-5,8-9,11H2,1-2H3. The van der Waals surface area contributed by atoms with Gasteiger partial charge in [-0.25, -0.2) is 8.42 Å². The van der Waals surface area contributed by atoms with E-state index in [2.05, 4.69) is 5.32 Å². The molecule has 0 spiro atoms. The summed E-state index contributed by atoms with van der Waals surface area (Å²) in [6, 6.07) is 3.85. The van der Waals surface area contributed by atoms with Crippen molar-refractivity contribution < 1.29 is 18.1 Å². The average molecular weight is 357 g/mol. The van der Waals surface area contributed by atoms with Crippen LogP contribution in [0.25, 0.3) is 0 Å². The van der Waals surface area contributed by atoms with Crippen LogP contribution in [0, 0.1) is 10.1 Å². The molecule has 0 aliphatic carbocycles. The summed E-state index contributed by atoms with van der Waals surface area (Å²) < 4.78 is 31.7. The SMILES string of the molecule is COCC(C)Nc1ccc(S(=O)(=O)N2CCCCC2)cc1[N+](=O)[O-]. The van der Waals surface area contributed by atoms with Gasteiger partial charge in [0.2, 0.25) is 10.0 Å². The molecule has 1 unspecified atom stereocenters. The fourth-order valence-electron chi connectivity index (χ4n) is 2.76. The van der Waals surface area contributed by atoms with Crippen molar-refractivity contribution >= 4 is 21.4 Å². The summed E-state index contributed by atoms with van der Waals surface area (Å²) in [7, 11) is -2.15. The zero-order valence-corrected chi connectivity index (χ0v) is 14.7. The average Bonchev–Trinajstić information content (AvgIpc) is 2.55. The maximum Gasteiger partial charge on any atom is 0.293 e. The molecule has 1 aliphatic rings. The molecule has 1 atom stereocenters. The molecule has 1 aromatic carbocycles. The van der Waals surface area contributed by atoms with Crippen molar-refractivity contribution in [3.63, 3.8) is 0 Å². The van der Waals surface area contributed by atoms with Gasteiger partial charge in [-0.1, -0.05) is 6.42 Å². The Bertz CT molecular complexity index is 686.